The predicted molar refractivity (Wildman–Crippen MR) is 59.4 cm³/mol. The Hall–Kier alpha value is -1.29. The van der Waals surface area contributed by atoms with Gasteiger partial charge < -0.3 is 10.3 Å². The average molecular weight is 253 g/mol. The summed E-state index contributed by atoms with van der Waals surface area (Å²) >= 11 is 3.43. The maximum Gasteiger partial charge on any atom is 0.267 e. The number of H-pyrrole nitrogens is 1. The fourth-order valence-corrected chi connectivity index (χ4v) is 1.86. The first kappa shape index (κ1) is 9.27. The van der Waals surface area contributed by atoms with E-state index < -0.39 is 0 Å². The molecule has 0 aliphatic rings. The van der Waals surface area contributed by atoms with Crippen molar-refractivity contribution in [1.29, 1.82) is 0 Å². The van der Waals surface area contributed by atoms with E-state index in [0.29, 0.717) is 5.69 Å². The number of aromatic nitrogens is 1. The number of halogens is 1. The Bertz CT molecular complexity index is 490. The van der Waals surface area contributed by atoms with Gasteiger partial charge in [0.1, 0.15) is 5.69 Å². The first-order valence-corrected chi connectivity index (χ1v) is 5.01. The van der Waals surface area contributed by atoms with Crippen molar-refractivity contribution in [3.05, 3.63) is 34.4 Å². The molecule has 0 aliphatic carbocycles. The first-order valence-electron chi connectivity index (χ1n) is 4.21. The van der Waals surface area contributed by atoms with E-state index in [2.05, 4.69) is 26.2 Å². The van der Waals surface area contributed by atoms with Crippen LogP contribution < -0.4 is 5.32 Å². The minimum atomic E-state index is -0.104. The Balaban J connectivity index is 2.62. The Labute approximate surface area is 89.6 Å². The third-order valence-corrected chi connectivity index (χ3v) is 2.77. The molecule has 2 aromatic rings. The second-order valence-electron chi connectivity index (χ2n) is 2.96. The minimum Gasteiger partial charge on any atom is -0.354 e. The van der Waals surface area contributed by atoms with E-state index in [9.17, 15) is 4.79 Å². The molecule has 0 radical (unpaired) electrons. The van der Waals surface area contributed by atoms with Crippen molar-refractivity contribution in [3.63, 3.8) is 0 Å². The van der Waals surface area contributed by atoms with Gasteiger partial charge in [-0.05, 0) is 18.2 Å². The molecule has 0 saturated heterocycles. The van der Waals surface area contributed by atoms with Gasteiger partial charge in [0.25, 0.3) is 5.91 Å². The lowest BCUT2D eigenvalue weighted by Crippen LogP contribution is -2.17. The van der Waals surface area contributed by atoms with E-state index in [-0.39, 0.29) is 5.91 Å². The number of fused-ring (bicyclic) bond motifs is 1. The van der Waals surface area contributed by atoms with Crippen molar-refractivity contribution in [2.75, 3.05) is 7.05 Å². The third-order valence-electron chi connectivity index (χ3n) is 2.08. The Morgan fingerprint density at radius 2 is 2.29 bits per heavy atom. The van der Waals surface area contributed by atoms with Crippen molar-refractivity contribution in [3.8, 4) is 0 Å². The normalized spacial score (nSPS) is 10.4. The molecule has 2 rings (SSSR count). The van der Waals surface area contributed by atoms with Crippen LogP contribution >= 0.6 is 15.9 Å². The number of carbonyl (C=O) groups excluding carboxylic acids is 1. The molecule has 3 nitrogen and oxygen atoms in total. The molecule has 14 heavy (non-hydrogen) atoms. The fourth-order valence-electron chi connectivity index (χ4n) is 1.38. The number of carbonyl (C=O) groups is 1. The van der Waals surface area contributed by atoms with Crippen molar-refractivity contribution >= 4 is 32.7 Å². The van der Waals surface area contributed by atoms with Crippen LogP contribution in [-0.4, -0.2) is 17.9 Å². The van der Waals surface area contributed by atoms with Crippen LogP contribution in [-0.2, 0) is 0 Å². The van der Waals surface area contributed by atoms with Crippen LogP contribution in [0.2, 0.25) is 0 Å². The first-order chi connectivity index (χ1) is 6.72. The quantitative estimate of drug-likeness (QED) is 0.804. The summed E-state index contributed by atoms with van der Waals surface area (Å²) in [6.45, 7) is 0. The molecule has 0 fully saturated rings. The number of benzene rings is 1. The second-order valence-corrected chi connectivity index (χ2v) is 3.82. The lowest BCUT2D eigenvalue weighted by molar-refractivity contribution is 0.0959. The van der Waals surface area contributed by atoms with Crippen LogP contribution in [0.1, 0.15) is 10.5 Å². The molecular formula is C10H9BrN2O. The molecule has 0 saturated carbocycles. The van der Waals surface area contributed by atoms with E-state index in [1.165, 1.54) is 0 Å². The van der Waals surface area contributed by atoms with Gasteiger partial charge in [-0.25, -0.2) is 0 Å². The van der Waals surface area contributed by atoms with E-state index in [1.807, 2.05) is 24.3 Å². The summed E-state index contributed by atoms with van der Waals surface area (Å²) in [7, 11) is 1.61. The summed E-state index contributed by atoms with van der Waals surface area (Å²) in [5.41, 5.74) is 1.53. The maximum absolute atomic E-state index is 11.3. The molecule has 72 valence electrons. The van der Waals surface area contributed by atoms with Crippen LogP contribution in [0.3, 0.4) is 0 Å². The standard InChI is InChI=1S/C10H9BrN2O/c1-12-10(14)9-5-6-7(11)3-2-4-8(6)13-9/h2-5,13H,1H3,(H,12,14). The van der Waals surface area contributed by atoms with E-state index >= 15 is 0 Å². The van der Waals surface area contributed by atoms with Crippen molar-refractivity contribution in [2.24, 2.45) is 0 Å². The average Bonchev–Trinajstić information content (AvgIpc) is 2.62. The SMILES string of the molecule is CNC(=O)c1cc2c(Br)cccc2[nH]1. The van der Waals surface area contributed by atoms with Gasteiger partial charge in [-0.2, -0.15) is 0 Å². The molecular weight excluding hydrogens is 244 g/mol. The van der Waals surface area contributed by atoms with Crippen molar-refractivity contribution < 1.29 is 4.79 Å². The topological polar surface area (TPSA) is 44.9 Å². The highest BCUT2D eigenvalue weighted by Crippen LogP contribution is 2.24. The van der Waals surface area contributed by atoms with Crippen molar-refractivity contribution in [2.45, 2.75) is 0 Å². The molecule has 1 aromatic heterocycles. The summed E-state index contributed by atoms with van der Waals surface area (Å²) in [6.07, 6.45) is 0. The molecule has 0 atom stereocenters. The second kappa shape index (κ2) is 3.46. The number of nitrogens with one attached hydrogen (secondary N) is 2. The summed E-state index contributed by atoms with van der Waals surface area (Å²) in [4.78, 5) is 14.4. The van der Waals surface area contributed by atoms with Crippen LogP contribution in [0, 0.1) is 0 Å². The molecule has 4 heteroatoms. The highest BCUT2D eigenvalue weighted by atomic mass is 79.9. The lowest BCUT2D eigenvalue weighted by atomic mass is 10.2. The number of aromatic amines is 1. The minimum absolute atomic E-state index is 0.104. The van der Waals surface area contributed by atoms with Gasteiger partial charge in [-0.1, -0.05) is 22.0 Å². The maximum atomic E-state index is 11.3. The smallest absolute Gasteiger partial charge is 0.267 e. The summed E-state index contributed by atoms with van der Waals surface area (Å²) in [5.74, 6) is -0.104. The van der Waals surface area contributed by atoms with Gasteiger partial charge >= 0.3 is 0 Å². The Morgan fingerprint density at radius 3 is 2.93 bits per heavy atom. The third kappa shape index (κ3) is 1.42. The van der Waals surface area contributed by atoms with E-state index in [4.69, 9.17) is 0 Å². The van der Waals surface area contributed by atoms with Gasteiger partial charge in [0, 0.05) is 22.4 Å². The zero-order valence-electron chi connectivity index (χ0n) is 7.60. The predicted octanol–water partition coefficient (Wildman–Crippen LogP) is 2.29. The summed E-state index contributed by atoms with van der Waals surface area (Å²) < 4.78 is 0.987. The monoisotopic (exact) mass is 252 g/mol. The zero-order valence-corrected chi connectivity index (χ0v) is 9.18. The molecule has 0 bridgehead atoms. The number of hydrogen-bond donors (Lipinski definition) is 2. The Kier molecular flexibility index (Phi) is 2.29. The zero-order chi connectivity index (χ0) is 10.1. The largest absolute Gasteiger partial charge is 0.354 e. The lowest BCUT2D eigenvalue weighted by Gasteiger charge is -1.92. The molecule has 2 N–H and O–H groups in total. The molecule has 1 heterocycles. The number of rotatable bonds is 1. The van der Waals surface area contributed by atoms with E-state index in [0.717, 1.165) is 15.4 Å². The van der Waals surface area contributed by atoms with Gasteiger partial charge in [0.2, 0.25) is 0 Å². The molecule has 0 aliphatic heterocycles. The molecule has 0 spiro atoms. The number of hydrogen-bond acceptors (Lipinski definition) is 1. The number of amides is 1. The van der Waals surface area contributed by atoms with Gasteiger partial charge in [0.05, 0.1) is 0 Å². The van der Waals surface area contributed by atoms with E-state index in [1.54, 1.807) is 7.05 Å². The molecule has 1 amide bonds. The van der Waals surface area contributed by atoms with Gasteiger partial charge in [-0.3, -0.25) is 4.79 Å². The van der Waals surface area contributed by atoms with Crippen LogP contribution in [0.5, 0.6) is 0 Å². The van der Waals surface area contributed by atoms with Crippen LogP contribution in [0.4, 0.5) is 0 Å². The Morgan fingerprint density at radius 1 is 1.50 bits per heavy atom. The molecule has 0 unspecified atom stereocenters. The van der Waals surface area contributed by atoms with Gasteiger partial charge in [0.15, 0.2) is 0 Å². The van der Waals surface area contributed by atoms with Crippen LogP contribution in [0.15, 0.2) is 28.7 Å². The highest BCUT2D eigenvalue weighted by Gasteiger charge is 2.08. The van der Waals surface area contributed by atoms with Gasteiger partial charge in [-0.15, -0.1) is 0 Å². The summed E-state index contributed by atoms with van der Waals surface area (Å²) in [5, 5.41) is 3.60. The molecule has 1 aromatic carbocycles. The summed E-state index contributed by atoms with van der Waals surface area (Å²) in [6, 6.07) is 7.64. The highest BCUT2D eigenvalue weighted by molar-refractivity contribution is 9.10. The fraction of sp³-hybridized carbons (Fsp3) is 0.100. The van der Waals surface area contributed by atoms with Crippen LogP contribution in [0.25, 0.3) is 10.9 Å². The van der Waals surface area contributed by atoms with Crippen molar-refractivity contribution in [1.82, 2.24) is 10.3 Å².